The van der Waals surface area contributed by atoms with Gasteiger partial charge in [0, 0.05) is 95.2 Å². The van der Waals surface area contributed by atoms with Crippen LogP contribution in [0.15, 0.2) is 174 Å². The molecule has 22 nitrogen and oxygen atoms in total. The molecule has 1 saturated heterocycles. The fourth-order valence-electron chi connectivity index (χ4n) is 10.6. The molecule has 1 aliphatic heterocycles. The first-order chi connectivity index (χ1) is 52.2. The predicted molar refractivity (Wildman–Crippen MR) is 394 cm³/mol. The number of halogens is 11. The highest BCUT2D eigenvalue weighted by Crippen LogP contribution is 2.39. The van der Waals surface area contributed by atoms with E-state index in [0.29, 0.717) is 28.3 Å². The monoisotopic (exact) mass is 1550 g/mol. The molecule has 11 aromatic rings. The molecule has 2 amide bonds. The van der Waals surface area contributed by atoms with Gasteiger partial charge in [-0.3, -0.25) is 19.2 Å². The molecule has 0 atom stereocenters. The first-order valence-corrected chi connectivity index (χ1v) is 34.2. The molecule has 6 aromatic carbocycles. The Labute approximate surface area is 631 Å². The van der Waals surface area contributed by atoms with Crippen molar-refractivity contribution in [3.63, 3.8) is 0 Å². The van der Waals surface area contributed by atoms with Crippen LogP contribution in [0.5, 0.6) is 0 Å². The van der Waals surface area contributed by atoms with E-state index in [2.05, 4.69) is 40.5 Å². The zero-order valence-electron chi connectivity index (χ0n) is 58.6. The van der Waals surface area contributed by atoms with Gasteiger partial charge in [-0.2, -0.15) is 0 Å². The lowest BCUT2D eigenvalue weighted by atomic mass is 9.80. The Morgan fingerprint density at radius 3 is 1.23 bits per heavy atom. The van der Waals surface area contributed by atoms with Crippen LogP contribution in [0.3, 0.4) is 0 Å². The molecule has 110 heavy (non-hydrogen) atoms. The number of rotatable bonds is 15. The number of hydrogen-bond donors (Lipinski definition) is 7. The molecule has 34 heteroatoms. The van der Waals surface area contributed by atoms with Crippen molar-refractivity contribution in [3.8, 4) is 45.0 Å². The summed E-state index contributed by atoms with van der Waals surface area (Å²) in [7, 11) is -0.452. The summed E-state index contributed by atoms with van der Waals surface area (Å²) >= 11 is 11.9. The fraction of sp³-hybridized carbons (Fsp3) is 0.197. The molecule has 3 fully saturated rings. The van der Waals surface area contributed by atoms with E-state index in [1.807, 2.05) is 40.0 Å². The summed E-state index contributed by atoms with van der Waals surface area (Å²) in [5.41, 5.74) is 23.6. The zero-order valence-corrected chi connectivity index (χ0v) is 60.1. The van der Waals surface area contributed by atoms with Crippen LogP contribution in [0.1, 0.15) is 114 Å². The lowest BCUT2D eigenvalue weighted by Gasteiger charge is -2.32. The predicted octanol–water partition coefficient (Wildman–Crippen LogP) is 13.1. The van der Waals surface area contributed by atoms with Crippen LogP contribution in [-0.2, 0) is 28.9 Å². The Hall–Kier alpha value is -11.8. The zero-order chi connectivity index (χ0) is 79.6. The second kappa shape index (κ2) is 34.6. The van der Waals surface area contributed by atoms with E-state index in [0.717, 1.165) is 55.4 Å². The Bertz CT molecular complexity index is 5320. The molecule has 14 rings (SSSR count). The summed E-state index contributed by atoms with van der Waals surface area (Å²) in [5.74, 6) is -9.23. The van der Waals surface area contributed by atoms with Gasteiger partial charge in [0.1, 0.15) is 63.7 Å². The first-order valence-electron chi connectivity index (χ1n) is 33.4. The number of hydrogen-bond acceptors (Lipinski definition) is 17. The van der Waals surface area contributed by atoms with E-state index in [4.69, 9.17) is 60.6 Å². The second-order valence-electron chi connectivity index (χ2n) is 25.8. The quantitative estimate of drug-likeness (QED) is 0.0370. The number of carbonyl (C=O) groups excluding carboxylic acids is 2. The van der Waals surface area contributed by atoms with Gasteiger partial charge in [-0.15, -0.1) is 0 Å². The van der Waals surface area contributed by atoms with Gasteiger partial charge in [0.25, 0.3) is 17.4 Å². The topological polar surface area (TPSA) is 339 Å². The van der Waals surface area contributed by atoms with Crippen molar-refractivity contribution >= 4 is 71.0 Å². The maximum atomic E-state index is 14.0. The van der Waals surface area contributed by atoms with E-state index < -0.39 is 96.0 Å². The van der Waals surface area contributed by atoms with Gasteiger partial charge < -0.3 is 57.1 Å². The molecular formula is C76H66BCl2F9N14O8. The fourth-order valence-corrected chi connectivity index (χ4v) is 11.1. The van der Waals surface area contributed by atoms with Crippen molar-refractivity contribution in [1.29, 1.82) is 0 Å². The molecule has 3 aliphatic rings. The number of nitrogens with two attached hydrogens (primary N) is 4. The highest BCUT2D eigenvalue weighted by molar-refractivity contribution is 6.62. The Kier molecular flexibility index (Phi) is 25.4. The number of aromatic carboxylic acids is 1. The van der Waals surface area contributed by atoms with Gasteiger partial charge in [-0.1, -0.05) is 41.4 Å². The van der Waals surface area contributed by atoms with Crippen LogP contribution >= 0.6 is 23.2 Å². The van der Waals surface area contributed by atoms with E-state index in [9.17, 15) is 63.5 Å². The number of nitrogens with zero attached hydrogens (tertiary/aromatic N) is 8. The maximum Gasteiger partial charge on any atom is 0.495 e. The molecule has 0 unspecified atom stereocenters. The Balaban J connectivity index is 0.000000154. The Morgan fingerprint density at radius 2 is 0.836 bits per heavy atom. The van der Waals surface area contributed by atoms with Gasteiger partial charge in [0.2, 0.25) is 5.56 Å². The van der Waals surface area contributed by atoms with Crippen molar-refractivity contribution in [1.82, 2.24) is 49.7 Å². The van der Waals surface area contributed by atoms with Gasteiger partial charge in [0.15, 0.2) is 44.8 Å². The number of nitrogens with one attached hydrogen (secondary N) is 2. The van der Waals surface area contributed by atoms with Crippen LogP contribution in [0.4, 0.5) is 57.0 Å². The highest BCUT2D eigenvalue weighted by Gasteiger charge is 2.52. The molecule has 2 aliphatic carbocycles. The van der Waals surface area contributed by atoms with Crippen molar-refractivity contribution in [3.05, 3.63) is 281 Å². The number of aromatic nitrogens is 8. The summed E-state index contributed by atoms with van der Waals surface area (Å²) in [6.45, 7) is 7.11. The summed E-state index contributed by atoms with van der Waals surface area (Å²) < 4.78 is 135. The average Bonchev–Trinajstić information content (AvgIpc) is 1.50. The molecule has 0 spiro atoms. The third-order valence-corrected chi connectivity index (χ3v) is 18.0. The maximum absolute atomic E-state index is 14.0. The second-order valence-corrected chi connectivity index (χ2v) is 26.5. The third kappa shape index (κ3) is 19.5. The van der Waals surface area contributed by atoms with Gasteiger partial charge in [-0.25, -0.2) is 74.2 Å². The highest BCUT2D eigenvalue weighted by atomic mass is 35.5. The minimum Gasteiger partial charge on any atom is -0.476 e. The smallest absolute Gasteiger partial charge is 0.476 e. The van der Waals surface area contributed by atoms with Gasteiger partial charge >= 0.3 is 13.1 Å². The third-order valence-electron chi connectivity index (χ3n) is 17.5. The first kappa shape index (κ1) is 80.7. The number of carboxylic acid groups (broad SMARTS) is 1. The van der Waals surface area contributed by atoms with Gasteiger partial charge in [0.05, 0.1) is 22.6 Å². The summed E-state index contributed by atoms with van der Waals surface area (Å²) in [5, 5.41) is 13.3. The van der Waals surface area contributed by atoms with E-state index >= 15 is 0 Å². The number of benzene rings is 6. The summed E-state index contributed by atoms with van der Waals surface area (Å²) in [6.07, 6.45) is 7.47. The van der Waals surface area contributed by atoms with Crippen molar-refractivity contribution in [2.24, 2.45) is 5.73 Å². The largest absolute Gasteiger partial charge is 0.495 e. The standard InChI is InChI=1S/C26H20F3N5O2.C18H12ClF3N4O.C14H20BNO3.C11H7ClFN3O2.C7H7F2N/c27-16-7-4-14(5-8-16)22-23(15-6-11-21(35)34(13-15)17-9-10-17)32-24(25(30)33-22)26(36)31-12-18-19(28)2-1-3-20(18)29;19-16-14(9-4-6-10(20)7-5-9)26-17(23)15(25-16)18(27)24-8-11-12(21)2-1-3-13(11)22;1-13(2)14(3,4)19-15(18-13)10-7-8-16(11-5-6-11)12(17)9-10;12-9-7(5-1-3-6(13)4-2-5)16-10(14)8(15-9)11(17)18;8-6-2-1-3-7(9)5(6)4-10/h1-8,11,13,17H,9-10,12H2,(H2,30,33)(H,31,36);1-7H,8H2,(H2,23,26)(H,24,27);7-9,11H,5-6H2,1-4H3;1-4H,(H2,14,16)(H,17,18);1-3H,4,10H2. The van der Waals surface area contributed by atoms with E-state index in [1.54, 1.807) is 27.5 Å². The summed E-state index contributed by atoms with van der Waals surface area (Å²) in [4.78, 5) is 84.6. The lowest BCUT2D eigenvalue weighted by Crippen LogP contribution is -2.41. The molecule has 11 N–H and O–H groups in total. The number of pyridine rings is 2. The summed E-state index contributed by atoms with van der Waals surface area (Å²) in [6, 6.07) is 33.6. The molecule has 5 aromatic heterocycles. The minimum atomic E-state index is -1.31. The van der Waals surface area contributed by atoms with Crippen LogP contribution in [0, 0.1) is 52.4 Å². The number of nitrogen functional groups attached to an aromatic ring is 3. The van der Waals surface area contributed by atoms with Crippen molar-refractivity contribution < 1.29 is 68.3 Å². The Morgan fingerprint density at radius 1 is 0.482 bits per heavy atom. The molecule has 568 valence electrons. The molecule has 6 heterocycles. The van der Waals surface area contributed by atoms with Crippen molar-refractivity contribution in [2.45, 2.75) is 96.3 Å². The van der Waals surface area contributed by atoms with Crippen LogP contribution in [-0.4, -0.2) is 80.2 Å². The number of carboxylic acids is 1. The molecule has 0 radical (unpaired) electrons. The molecule has 0 bridgehead atoms. The lowest BCUT2D eigenvalue weighted by molar-refractivity contribution is 0.00578. The number of anilines is 3. The SMILES string of the molecule is CC1(C)OB(c2ccn(C3CC3)c(=O)c2)OC1(C)C.NCc1c(F)cccc1F.Nc1nc(-c2ccc(F)cc2)c(-c2ccc(=O)n(C3CC3)c2)nc1C(=O)NCc1c(F)cccc1F.Nc1nc(-c2ccc(F)cc2)c(Cl)nc1C(=O)NCc1c(F)cccc1F.Nc1nc(-c2ccc(F)cc2)c(Cl)nc1C(=O)O. The average molecular weight is 1560 g/mol. The van der Waals surface area contributed by atoms with Crippen LogP contribution in [0.2, 0.25) is 10.3 Å². The van der Waals surface area contributed by atoms with Crippen LogP contribution < -0.4 is 50.1 Å². The molecular weight excluding hydrogens is 1490 g/mol. The van der Waals surface area contributed by atoms with Gasteiger partial charge in [-0.05, 0) is 180 Å². The van der Waals surface area contributed by atoms with Crippen LogP contribution in [0.25, 0.3) is 45.0 Å². The minimum absolute atomic E-state index is 0.0368. The number of amides is 2. The number of carbonyl (C=O) groups is 3. The normalized spacial score (nSPS) is 13.7. The van der Waals surface area contributed by atoms with E-state index in [1.165, 1.54) is 109 Å². The molecule has 2 saturated carbocycles. The van der Waals surface area contributed by atoms with E-state index in [-0.39, 0.29) is 114 Å². The van der Waals surface area contributed by atoms with Crippen molar-refractivity contribution in [2.75, 3.05) is 17.2 Å².